The minimum Gasteiger partial charge on any atom is -0.490 e. The van der Waals surface area contributed by atoms with Crippen LogP contribution in [0, 0.1) is 0 Å². The molecule has 1 unspecified atom stereocenters. The Labute approximate surface area is 186 Å². The van der Waals surface area contributed by atoms with E-state index in [4.69, 9.17) is 21.1 Å². The molecule has 2 aromatic rings. The number of Topliss-reactive ketones (excluding diaryl/α,β-unsaturated/α-hetero) is 1. The average Bonchev–Trinajstić information content (AvgIpc) is 2.77. The summed E-state index contributed by atoms with van der Waals surface area (Å²) in [6.45, 7) is 2.20. The molecular weight excluding hydrogens is 414 g/mol. The topological polar surface area (TPSA) is 64.6 Å². The Hall–Kier alpha value is -3.05. The number of allylic oxidation sites excluding steroid dienone is 3. The number of hydrogen-bond donors (Lipinski definition) is 1. The van der Waals surface area contributed by atoms with E-state index in [0.717, 1.165) is 29.9 Å². The third kappa shape index (κ3) is 4.67. The van der Waals surface area contributed by atoms with E-state index in [1.165, 1.54) is 0 Å². The van der Waals surface area contributed by atoms with Crippen LogP contribution in [-0.2, 0) is 14.3 Å². The summed E-state index contributed by atoms with van der Waals surface area (Å²) in [6.07, 6.45) is 2.08. The van der Waals surface area contributed by atoms with Crippen LogP contribution in [0.3, 0.4) is 0 Å². The highest BCUT2D eigenvalue weighted by atomic mass is 35.5. The van der Waals surface area contributed by atoms with Gasteiger partial charge >= 0.3 is 5.97 Å². The van der Waals surface area contributed by atoms with E-state index < -0.39 is 11.9 Å². The van der Waals surface area contributed by atoms with Crippen LogP contribution in [-0.4, -0.2) is 25.0 Å². The molecule has 0 fully saturated rings. The summed E-state index contributed by atoms with van der Waals surface area (Å²) >= 11 is 6.07. The molecule has 31 heavy (non-hydrogen) atoms. The Morgan fingerprint density at radius 2 is 1.81 bits per heavy atom. The predicted molar refractivity (Wildman–Crippen MR) is 119 cm³/mol. The second kappa shape index (κ2) is 9.40. The van der Waals surface area contributed by atoms with Gasteiger partial charge < -0.3 is 14.8 Å². The van der Waals surface area contributed by atoms with Crippen molar-refractivity contribution in [2.45, 2.75) is 32.1 Å². The molecule has 0 aromatic heterocycles. The first-order chi connectivity index (χ1) is 15.0. The molecule has 2 aliphatic rings. The van der Waals surface area contributed by atoms with E-state index in [2.05, 4.69) is 5.32 Å². The van der Waals surface area contributed by atoms with Crippen molar-refractivity contribution in [1.29, 1.82) is 0 Å². The van der Waals surface area contributed by atoms with Gasteiger partial charge in [-0.05, 0) is 49.6 Å². The molecule has 0 amide bonds. The quantitative estimate of drug-likeness (QED) is 0.512. The molecule has 2 aromatic carbocycles. The number of para-hydroxylation sites is 1. The summed E-state index contributed by atoms with van der Waals surface area (Å²) in [5.41, 5.74) is 3.57. The van der Waals surface area contributed by atoms with Gasteiger partial charge in [-0.1, -0.05) is 41.9 Å². The van der Waals surface area contributed by atoms with Crippen molar-refractivity contribution < 1.29 is 19.1 Å². The van der Waals surface area contributed by atoms with Crippen LogP contribution in [0.15, 0.2) is 77.1 Å². The maximum Gasteiger partial charge on any atom is 0.336 e. The Kier molecular flexibility index (Phi) is 6.42. The lowest BCUT2D eigenvalue weighted by atomic mass is 9.75. The molecule has 1 aliphatic carbocycles. The number of esters is 1. The summed E-state index contributed by atoms with van der Waals surface area (Å²) in [6, 6.07) is 16.6. The Morgan fingerprint density at radius 3 is 2.55 bits per heavy atom. The molecule has 0 saturated heterocycles. The number of carbonyl (C=O) groups is 2. The minimum atomic E-state index is -0.469. The van der Waals surface area contributed by atoms with Gasteiger partial charge in [-0.25, -0.2) is 4.79 Å². The number of benzene rings is 2. The molecule has 0 radical (unpaired) electrons. The smallest absolute Gasteiger partial charge is 0.336 e. The lowest BCUT2D eigenvalue weighted by molar-refractivity contribution is -0.140. The summed E-state index contributed by atoms with van der Waals surface area (Å²) in [4.78, 5) is 26.0. The lowest BCUT2D eigenvalue weighted by Gasteiger charge is -2.34. The van der Waals surface area contributed by atoms with E-state index in [9.17, 15) is 9.59 Å². The molecule has 0 saturated carbocycles. The molecule has 160 valence electrons. The van der Waals surface area contributed by atoms with Gasteiger partial charge in [-0.2, -0.15) is 0 Å². The number of halogens is 1. The third-order valence-corrected chi connectivity index (χ3v) is 5.78. The van der Waals surface area contributed by atoms with Crippen LogP contribution in [0.1, 0.15) is 37.7 Å². The zero-order chi connectivity index (χ0) is 21.8. The van der Waals surface area contributed by atoms with Crippen molar-refractivity contribution in [3.05, 3.63) is 87.7 Å². The van der Waals surface area contributed by atoms with Gasteiger partial charge in [0.25, 0.3) is 0 Å². The van der Waals surface area contributed by atoms with Gasteiger partial charge in [-0.3, -0.25) is 4.79 Å². The molecular formula is C25H24ClNO4. The molecule has 0 bridgehead atoms. The van der Waals surface area contributed by atoms with Crippen molar-refractivity contribution >= 4 is 23.4 Å². The lowest BCUT2D eigenvalue weighted by Crippen LogP contribution is -2.34. The second-order valence-electron chi connectivity index (χ2n) is 7.61. The fraction of sp³-hybridized carbons (Fsp3) is 0.280. The van der Waals surface area contributed by atoms with Crippen LogP contribution in [0.5, 0.6) is 5.75 Å². The van der Waals surface area contributed by atoms with Crippen LogP contribution >= 0.6 is 11.6 Å². The fourth-order valence-corrected chi connectivity index (χ4v) is 4.26. The molecule has 1 atom stereocenters. The average molecular weight is 438 g/mol. The number of carbonyl (C=O) groups excluding carboxylic acids is 2. The summed E-state index contributed by atoms with van der Waals surface area (Å²) in [7, 11) is 0. The van der Waals surface area contributed by atoms with Gasteiger partial charge in [0.2, 0.25) is 0 Å². The van der Waals surface area contributed by atoms with Gasteiger partial charge in [0, 0.05) is 34.3 Å². The van der Waals surface area contributed by atoms with E-state index in [1.54, 1.807) is 12.1 Å². The largest absolute Gasteiger partial charge is 0.490 e. The second-order valence-corrected chi connectivity index (χ2v) is 8.05. The van der Waals surface area contributed by atoms with Crippen molar-refractivity contribution in [1.82, 2.24) is 5.32 Å². The van der Waals surface area contributed by atoms with E-state index >= 15 is 0 Å². The van der Waals surface area contributed by atoms with Crippen LogP contribution in [0.25, 0.3) is 0 Å². The molecule has 0 spiro atoms. The predicted octanol–water partition coefficient (Wildman–Crippen LogP) is 4.93. The summed E-state index contributed by atoms with van der Waals surface area (Å²) in [5, 5.41) is 3.89. The van der Waals surface area contributed by atoms with Gasteiger partial charge in [0.15, 0.2) is 5.78 Å². The first-order valence-corrected chi connectivity index (χ1v) is 10.8. The molecule has 5 nitrogen and oxygen atoms in total. The zero-order valence-corrected chi connectivity index (χ0v) is 18.1. The fourth-order valence-electron chi connectivity index (χ4n) is 4.13. The first-order valence-electron chi connectivity index (χ1n) is 10.4. The molecule has 1 N–H and O–H groups in total. The maximum absolute atomic E-state index is 13.1. The summed E-state index contributed by atoms with van der Waals surface area (Å²) < 4.78 is 11.2. The Balaban J connectivity index is 1.55. The third-order valence-electron chi connectivity index (χ3n) is 5.53. The van der Waals surface area contributed by atoms with Gasteiger partial charge in [0.05, 0.1) is 5.57 Å². The maximum atomic E-state index is 13.1. The molecule has 1 heterocycles. The van der Waals surface area contributed by atoms with Crippen LogP contribution in [0.4, 0.5) is 0 Å². The first kappa shape index (κ1) is 21.2. The number of dihydropyridines is 1. The van der Waals surface area contributed by atoms with E-state index in [-0.39, 0.29) is 19.0 Å². The number of ether oxygens (including phenoxy) is 2. The normalized spacial score (nSPS) is 18.4. The monoisotopic (exact) mass is 437 g/mol. The van der Waals surface area contributed by atoms with Crippen molar-refractivity contribution in [3.8, 4) is 5.75 Å². The summed E-state index contributed by atoms with van der Waals surface area (Å²) in [5.74, 6) is -0.135. The highest BCUT2D eigenvalue weighted by molar-refractivity contribution is 6.30. The van der Waals surface area contributed by atoms with Crippen LogP contribution < -0.4 is 10.1 Å². The zero-order valence-electron chi connectivity index (χ0n) is 17.3. The number of hydrogen-bond acceptors (Lipinski definition) is 5. The van der Waals surface area contributed by atoms with Crippen LogP contribution in [0.2, 0.25) is 5.02 Å². The highest BCUT2D eigenvalue weighted by Crippen LogP contribution is 2.42. The SMILES string of the molecule is CC1=C(C(=O)OCCOc2ccccc2)C(c2ccc(Cl)cc2)C2=C(CCCC2=O)N1. The van der Waals surface area contributed by atoms with Crippen molar-refractivity contribution in [3.63, 3.8) is 0 Å². The van der Waals surface area contributed by atoms with Gasteiger partial charge in [0.1, 0.15) is 19.0 Å². The number of ketones is 1. The molecule has 4 rings (SSSR count). The van der Waals surface area contributed by atoms with E-state index in [0.29, 0.717) is 28.3 Å². The molecule has 1 aliphatic heterocycles. The Morgan fingerprint density at radius 1 is 1.06 bits per heavy atom. The van der Waals surface area contributed by atoms with Crippen molar-refractivity contribution in [2.75, 3.05) is 13.2 Å². The minimum absolute atomic E-state index is 0.0684. The van der Waals surface area contributed by atoms with Gasteiger partial charge in [-0.15, -0.1) is 0 Å². The standard InChI is InChI=1S/C25H24ClNO4/c1-16-22(25(29)31-15-14-30-19-6-3-2-4-7-19)23(17-10-12-18(26)13-11-17)24-20(27-16)8-5-9-21(24)28/h2-4,6-7,10-13,23,27H,5,8-9,14-15H2,1H3. The highest BCUT2D eigenvalue weighted by Gasteiger charge is 2.39. The van der Waals surface area contributed by atoms with E-state index in [1.807, 2.05) is 49.4 Å². The van der Waals surface area contributed by atoms with Crippen molar-refractivity contribution in [2.24, 2.45) is 0 Å². The Bertz CT molecular complexity index is 1040. The number of nitrogens with one attached hydrogen (secondary N) is 1. The molecule has 6 heteroatoms. The number of rotatable bonds is 6.